The largest absolute Gasteiger partial charge is 0.451 e. The molecule has 0 unspecified atom stereocenters. The third-order valence-corrected chi connectivity index (χ3v) is 4.25. The van der Waals surface area contributed by atoms with Gasteiger partial charge in [0, 0.05) is 16.8 Å². The van der Waals surface area contributed by atoms with Gasteiger partial charge in [-0.1, -0.05) is 42.0 Å². The van der Waals surface area contributed by atoms with Gasteiger partial charge in [-0.15, -0.1) is 10.2 Å². The zero-order valence-electron chi connectivity index (χ0n) is 16.8. The number of nitrogens with zero attached hydrogens (tertiary/aromatic N) is 4. The van der Waals surface area contributed by atoms with Gasteiger partial charge in [0.1, 0.15) is 0 Å². The fourth-order valence-corrected chi connectivity index (χ4v) is 2.59. The minimum atomic E-state index is -1.04. The summed E-state index contributed by atoms with van der Waals surface area (Å²) in [6.07, 6.45) is -1.04. The van der Waals surface area contributed by atoms with Crippen molar-refractivity contribution in [3.05, 3.63) is 59.7 Å². The van der Waals surface area contributed by atoms with E-state index in [0.717, 1.165) is 15.9 Å². The van der Waals surface area contributed by atoms with Crippen molar-refractivity contribution in [2.24, 2.45) is 0 Å². The quantitative estimate of drug-likeness (QED) is 0.472. The molecule has 0 spiro atoms. The summed E-state index contributed by atoms with van der Waals surface area (Å²) in [7, 11) is 0. The Balaban J connectivity index is 1.55. The van der Waals surface area contributed by atoms with Crippen molar-refractivity contribution >= 4 is 23.3 Å². The van der Waals surface area contributed by atoms with Crippen molar-refractivity contribution in [1.29, 1.82) is 0 Å². The molecule has 0 saturated carbocycles. The van der Waals surface area contributed by atoms with Crippen LogP contribution >= 0.6 is 0 Å². The number of amides is 1. The van der Waals surface area contributed by atoms with Crippen LogP contribution in [-0.2, 0) is 20.9 Å². The molecule has 2 aromatic carbocycles. The molecule has 9 nitrogen and oxygen atoms in total. The highest BCUT2D eigenvalue weighted by Gasteiger charge is 2.19. The molecule has 0 aliphatic carbocycles. The third kappa shape index (κ3) is 5.34. The molecule has 30 heavy (non-hydrogen) atoms. The number of ketones is 1. The molecule has 0 bridgehead atoms. The highest BCUT2D eigenvalue weighted by molar-refractivity contribution is 5.98. The summed E-state index contributed by atoms with van der Waals surface area (Å²) < 4.78 is 5.15. The summed E-state index contributed by atoms with van der Waals surface area (Å²) in [5.74, 6) is -0.922. The Bertz CT molecular complexity index is 1080. The maximum Gasteiger partial charge on any atom is 0.330 e. The number of esters is 1. The Hall–Kier alpha value is -3.88. The Morgan fingerprint density at radius 3 is 2.57 bits per heavy atom. The lowest BCUT2D eigenvalue weighted by molar-refractivity contribution is -0.154. The number of hydrogen-bond acceptors (Lipinski definition) is 7. The summed E-state index contributed by atoms with van der Waals surface area (Å²) in [6, 6.07) is 14.1. The first-order chi connectivity index (χ1) is 14.3. The van der Waals surface area contributed by atoms with Gasteiger partial charge < -0.3 is 10.1 Å². The van der Waals surface area contributed by atoms with Gasteiger partial charge in [0.05, 0.1) is 0 Å². The SMILES string of the molecule is CC(=O)c1cccc(NC(=O)[C@H](C)OC(=O)Cn2nnc(-c3ccc(C)cc3)n2)c1. The topological polar surface area (TPSA) is 116 Å². The number of Topliss-reactive ketones (excluding diaryl/α,β-unsaturated/α-hetero) is 1. The van der Waals surface area contributed by atoms with Gasteiger partial charge in [0.25, 0.3) is 5.91 Å². The van der Waals surface area contributed by atoms with Crippen LogP contribution in [0.1, 0.15) is 29.8 Å². The van der Waals surface area contributed by atoms with Gasteiger partial charge in [0.15, 0.2) is 18.4 Å². The van der Waals surface area contributed by atoms with Crippen LogP contribution in [0.4, 0.5) is 5.69 Å². The number of carbonyl (C=O) groups excluding carboxylic acids is 3. The smallest absolute Gasteiger partial charge is 0.330 e. The minimum absolute atomic E-state index is 0.115. The summed E-state index contributed by atoms with van der Waals surface area (Å²) in [6.45, 7) is 4.58. The monoisotopic (exact) mass is 407 g/mol. The van der Waals surface area contributed by atoms with Gasteiger partial charge in [-0.3, -0.25) is 9.59 Å². The number of hydrogen-bond donors (Lipinski definition) is 1. The van der Waals surface area contributed by atoms with Gasteiger partial charge in [-0.2, -0.15) is 4.80 Å². The fraction of sp³-hybridized carbons (Fsp3) is 0.238. The molecule has 0 aliphatic heterocycles. The fourth-order valence-electron chi connectivity index (χ4n) is 2.59. The standard InChI is InChI=1S/C21H21N5O4/c1-13-7-9-16(10-8-13)20-23-25-26(24-20)12-19(28)30-15(3)21(29)22-18-6-4-5-17(11-18)14(2)27/h4-11,15H,12H2,1-3H3,(H,22,29)/t15-/m0/s1. The van der Waals surface area contributed by atoms with E-state index in [4.69, 9.17) is 4.74 Å². The Labute approximate surface area is 173 Å². The van der Waals surface area contributed by atoms with Gasteiger partial charge >= 0.3 is 5.97 Å². The van der Waals surface area contributed by atoms with Gasteiger partial charge in [-0.05, 0) is 38.1 Å². The van der Waals surface area contributed by atoms with Crippen molar-refractivity contribution in [2.75, 3.05) is 5.32 Å². The third-order valence-electron chi connectivity index (χ3n) is 4.25. The molecule has 0 radical (unpaired) electrons. The van der Waals surface area contributed by atoms with Crippen molar-refractivity contribution in [1.82, 2.24) is 20.2 Å². The van der Waals surface area contributed by atoms with E-state index in [-0.39, 0.29) is 12.3 Å². The summed E-state index contributed by atoms with van der Waals surface area (Å²) in [5.41, 5.74) is 2.80. The van der Waals surface area contributed by atoms with Crippen LogP contribution in [0.25, 0.3) is 11.4 Å². The average molecular weight is 407 g/mol. The van der Waals surface area contributed by atoms with Crippen LogP contribution < -0.4 is 5.32 Å². The van der Waals surface area contributed by atoms with Crippen LogP contribution in [0.2, 0.25) is 0 Å². The van der Waals surface area contributed by atoms with Crippen LogP contribution in [0.15, 0.2) is 48.5 Å². The highest BCUT2D eigenvalue weighted by atomic mass is 16.5. The van der Waals surface area contributed by atoms with E-state index in [1.54, 1.807) is 24.3 Å². The molecule has 1 heterocycles. The maximum atomic E-state index is 12.3. The summed E-state index contributed by atoms with van der Waals surface area (Å²) in [5, 5.41) is 14.5. The number of anilines is 1. The number of benzene rings is 2. The number of tetrazole rings is 1. The predicted molar refractivity (Wildman–Crippen MR) is 109 cm³/mol. The molecule has 0 saturated heterocycles. The normalized spacial score (nSPS) is 11.6. The molecule has 0 aliphatic rings. The molecule has 1 aromatic heterocycles. The molecule has 0 fully saturated rings. The van der Waals surface area contributed by atoms with E-state index < -0.39 is 18.0 Å². The number of aryl methyl sites for hydroxylation is 1. The number of aromatic nitrogens is 4. The van der Waals surface area contributed by atoms with E-state index in [0.29, 0.717) is 17.1 Å². The van der Waals surface area contributed by atoms with Crippen molar-refractivity contribution in [3.8, 4) is 11.4 Å². The second-order valence-corrected chi connectivity index (χ2v) is 6.77. The molecule has 1 amide bonds. The predicted octanol–water partition coefficient (Wildman–Crippen LogP) is 2.42. The first kappa shape index (κ1) is 20.8. The van der Waals surface area contributed by atoms with Crippen LogP contribution in [0.3, 0.4) is 0 Å². The second kappa shape index (κ2) is 9.08. The molecule has 1 N–H and O–H groups in total. The Morgan fingerprint density at radius 2 is 1.87 bits per heavy atom. The molecule has 3 aromatic rings. The van der Waals surface area contributed by atoms with Crippen molar-refractivity contribution in [2.45, 2.75) is 33.4 Å². The van der Waals surface area contributed by atoms with E-state index in [2.05, 4.69) is 20.7 Å². The molecule has 154 valence electrons. The van der Waals surface area contributed by atoms with Crippen LogP contribution in [0.5, 0.6) is 0 Å². The Kier molecular flexibility index (Phi) is 6.31. The van der Waals surface area contributed by atoms with E-state index >= 15 is 0 Å². The zero-order chi connectivity index (χ0) is 21.7. The van der Waals surface area contributed by atoms with Gasteiger partial charge in [-0.25, -0.2) is 4.79 Å². The number of rotatable bonds is 7. The number of nitrogens with one attached hydrogen (secondary N) is 1. The molecular weight excluding hydrogens is 386 g/mol. The van der Waals surface area contributed by atoms with Crippen LogP contribution in [0, 0.1) is 6.92 Å². The lowest BCUT2D eigenvalue weighted by Gasteiger charge is -2.13. The van der Waals surface area contributed by atoms with Crippen molar-refractivity contribution in [3.63, 3.8) is 0 Å². The Morgan fingerprint density at radius 1 is 1.13 bits per heavy atom. The first-order valence-corrected chi connectivity index (χ1v) is 9.28. The van der Waals surface area contributed by atoms with Gasteiger partial charge in [0.2, 0.25) is 5.82 Å². The highest BCUT2D eigenvalue weighted by Crippen LogP contribution is 2.14. The average Bonchev–Trinajstić information content (AvgIpc) is 3.16. The second-order valence-electron chi connectivity index (χ2n) is 6.77. The minimum Gasteiger partial charge on any atom is -0.451 e. The maximum absolute atomic E-state index is 12.3. The summed E-state index contributed by atoms with van der Waals surface area (Å²) >= 11 is 0. The van der Waals surface area contributed by atoms with E-state index in [1.807, 2.05) is 31.2 Å². The summed E-state index contributed by atoms with van der Waals surface area (Å²) in [4.78, 5) is 37.0. The lowest BCUT2D eigenvalue weighted by Crippen LogP contribution is -2.31. The first-order valence-electron chi connectivity index (χ1n) is 9.28. The number of ether oxygens (including phenoxy) is 1. The van der Waals surface area contributed by atoms with Crippen LogP contribution in [-0.4, -0.2) is 44.0 Å². The molecule has 3 rings (SSSR count). The lowest BCUT2D eigenvalue weighted by atomic mass is 10.1. The van der Waals surface area contributed by atoms with E-state index in [1.165, 1.54) is 13.8 Å². The van der Waals surface area contributed by atoms with E-state index in [9.17, 15) is 14.4 Å². The van der Waals surface area contributed by atoms with Crippen molar-refractivity contribution < 1.29 is 19.1 Å². The zero-order valence-corrected chi connectivity index (χ0v) is 16.8. The molecule has 9 heteroatoms. The molecular formula is C21H21N5O4. The molecule has 1 atom stereocenters. The number of carbonyl (C=O) groups is 3.